The molecule has 4 aliphatic rings. The van der Waals surface area contributed by atoms with E-state index in [1.807, 2.05) is 0 Å². The second-order valence-electron chi connectivity index (χ2n) is 11.9. The maximum atomic E-state index is 2.85. The summed E-state index contributed by atoms with van der Waals surface area (Å²) in [6, 6.07) is 45.0. The molecule has 0 aliphatic carbocycles. The molecule has 0 saturated heterocycles. The smallest absolute Gasteiger partial charge is 0.0683 e. The number of benzene rings is 4. The van der Waals surface area contributed by atoms with Gasteiger partial charge in [0, 0.05) is 8.99 Å². The van der Waals surface area contributed by atoms with Crippen molar-refractivity contribution in [3.8, 4) is 0 Å². The molecular weight excluding hydrogens is 772 g/mol. The summed E-state index contributed by atoms with van der Waals surface area (Å²) in [5.74, 6) is 0. The molecule has 42 heavy (non-hydrogen) atoms. The Morgan fingerprint density at radius 1 is 0.524 bits per heavy atom. The van der Waals surface area contributed by atoms with Gasteiger partial charge in [-0.2, -0.15) is 0 Å². The number of halogens is 2. The van der Waals surface area contributed by atoms with E-state index >= 15 is 0 Å². The van der Waals surface area contributed by atoms with Crippen molar-refractivity contribution < 1.29 is 0 Å². The van der Waals surface area contributed by atoms with Gasteiger partial charge in [0.2, 0.25) is 0 Å². The second kappa shape index (κ2) is 10.4. The van der Waals surface area contributed by atoms with Gasteiger partial charge < -0.3 is 0 Å². The number of alkyl halides is 1. The van der Waals surface area contributed by atoms with E-state index in [9.17, 15) is 0 Å². The molecule has 4 aromatic carbocycles. The first-order valence-electron chi connectivity index (χ1n) is 14.5. The van der Waals surface area contributed by atoms with Crippen LogP contribution >= 0.6 is 61.0 Å². The monoisotopic (exact) mass is 802 g/mol. The second-order valence-corrected chi connectivity index (χ2v) is 18.9. The number of rotatable bonds is 5. The molecule has 4 aliphatic heterocycles. The van der Waals surface area contributed by atoms with Gasteiger partial charge >= 0.3 is 0 Å². The Bertz CT molecular complexity index is 1720. The molecule has 0 N–H and O–H groups in total. The van der Waals surface area contributed by atoms with Crippen LogP contribution in [-0.4, -0.2) is 15.7 Å². The molecule has 0 amide bonds. The zero-order valence-electron chi connectivity index (χ0n) is 23.6. The average Bonchev–Trinajstić information content (AvgIpc) is 3.69. The number of fused-ring (bicyclic) bond motifs is 4. The van der Waals surface area contributed by atoms with Gasteiger partial charge in [-0.3, -0.25) is 0 Å². The van der Waals surface area contributed by atoms with Gasteiger partial charge in [-0.1, -0.05) is 151 Å². The summed E-state index contributed by atoms with van der Waals surface area (Å²) in [5.41, 5.74) is 10.4. The first-order valence-corrected chi connectivity index (χ1v) is 19.7. The number of hydrogen-bond donors (Lipinski definition) is 0. The van der Waals surface area contributed by atoms with Crippen molar-refractivity contribution in [2.45, 2.75) is 17.3 Å². The number of hydrogen-bond acceptors (Lipinski definition) is 0. The van der Waals surface area contributed by atoms with Crippen LogP contribution in [0.5, 0.6) is 0 Å². The van der Waals surface area contributed by atoms with Gasteiger partial charge in [0.05, 0.1) is 3.42 Å². The van der Waals surface area contributed by atoms with Crippen LogP contribution < -0.4 is 0 Å². The van der Waals surface area contributed by atoms with E-state index in [1.165, 1.54) is 34.6 Å². The summed E-state index contributed by atoms with van der Waals surface area (Å²) in [6.45, 7) is 5.01. The molecule has 4 unspecified atom stereocenters. The highest BCUT2D eigenvalue weighted by Gasteiger charge is 2.59. The predicted octanol–water partition coefficient (Wildman–Crippen LogP) is 12.2. The third kappa shape index (κ3) is 3.91. The summed E-state index contributed by atoms with van der Waals surface area (Å²) in [6.07, 6.45) is 2.45. The fraction of sp³-hybridized carbons (Fsp3) is 0.158. The van der Waals surface area contributed by atoms with Gasteiger partial charge in [-0.15, -0.1) is 0 Å². The molecule has 0 nitrogen and oxygen atoms in total. The Hall–Kier alpha value is -1.84. The minimum absolute atomic E-state index is 0.0350. The van der Waals surface area contributed by atoms with Crippen molar-refractivity contribution in [1.82, 2.24) is 0 Å². The zero-order chi connectivity index (χ0) is 28.6. The van der Waals surface area contributed by atoms with Crippen molar-refractivity contribution in [1.29, 1.82) is 0 Å². The molecule has 4 heterocycles. The van der Waals surface area contributed by atoms with Crippen molar-refractivity contribution >= 4 is 82.8 Å². The summed E-state index contributed by atoms with van der Waals surface area (Å²) < 4.78 is 1.63. The van der Waals surface area contributed by atoms with Crippen LogP contribution in [-0.2, 0) is 0 Å². The van der Waals surface area contributed by atoms with Crippen molar-refractivity contribution in [3.63, 3.8) is 0 Å². The van der Waals surface area contributed by atoms with E-state index in [-0.39, 0.29) is 8.84 Å². The summed E-state index contributed by atoms with van der Waals surface area (Å²) in [5, 5.41) is 6.67. The van der Waals surface area contributed by atoms with E-state index in [1.54, 1.807) is 41.6 Å². The topological polar surface area (TPSA) is 0 Å². The molecule has 206 valence electrons. The first-order chi connectivity index (χ1) is 20.4. The van der Waals surface area contributed by atoms with Gasteiger partial charge in [0.1, 0.15) is 0 Å². The molecule has 4 bridgehead atoms. The molecule has 4 heteroatoms. The molecule has 0 aromatic heterocycles. The van der Waals surface area contributed by atoms with Crippen molar-refractivity contribution in [2.75, 3.05) is 12.3 Å². The Labute approximate surface area is 278 Å². The van der Waals surface area contributed by atoms with Crippen LogP contribution in [0.15, 0.2) is 141 Å². The quantitative estimate of drug-likeness (QED) is 0.107. The van der Waals surface area contributed by atoms with Gasteiger partial charge in [-0.05, 0) is 118 Å². The van der Waals surface area contributed by atoms with Crippen LogP contribution in [0.1, 0.15) is 36.1 Å². The molecule has 4 aromatic rings. The lowest BCUT2D eigenvalue weighted by Crippen LogP contribution is -2.23. The molecule has 8 rings (SSSR count). The fourth-order valence-corrected chi connectivity index (χ4v) is 19.6. The van der Waals surface area contributed by atoms with Crippen LogP contribution in [0.3, 0.4) is 0 Å². The molecular formula is C38H30I2P2. The Kier molecular flexibility index (Phi) is 6.84. The fourth-order valence-electron chi connectivity index (χ4n) is 7.57. The largest absolute Gasteiger partial charge is 0.0742 e. The molecule has 4 atom stereocenters. The molecule has 0 radical (unpaired) electrons. The highest BCUT2D eigenvalue weighted by molar-refractivity contribution is 14.1. The minimum atomic E-state index is -0.468. The Morgan fingerprint density at radius 2 is 0.929 bits per heavy atom. The van der Waals surface area contributed by atoms with E-state index in [2.05, 4.69) is 180 Å². The average molecular weight is 802 g/mol. The SMILES string of the molecule is CC1=C(C2=C(I)C3(C)CP2C(c2ccccc2)=C3c2ccccc2)P2CC1(I)C(c1ccccc1)=C2c1ccccc1. The normalized spacial score (nSPS) is 28.1. The lowest BCUT2D eigenvalue weighted by Gasteiger charge is -2.34. The maximum absolute atomic E-state index is 2.85. The first kappa shape index (κ1) is 27.7. The van der Waals surface area contributed by atoms with Gasteiger partial charge in [-0.25, -0.2) is 0 Å². The highest BCUT2D eigenvalue weighted by atomic mass is 127. The minimum Gasteiger partial charge on any atom is -0.0683 e. The van der Waals surface area contributed by atoms with Gasteiger partial charge in [0.25, 0.3) is 0 Å². The van der Waals surface area contributed by atoms with Crippen molar-refractivity contribution in [3.05, 3.63) is 163 Å². The lowest BCUT2D eigenvalue weighted by atomic mass is 9.78. The van der Waals surface area contributed by atoms with Crippen LogP contribution in [0.2, 0.25) is 0 Å². The third-order valence-electron chi connectivity index (χ3n) is 9.44. The summed E-state index contributed by atoms with van der Waals surface area (Å²) in [7, 11) is -0.935. The summed E-state index contributed by atoms with van der Waals surface area (Å²) >= 11 is 5.63. The molecule has 0 fully saturated rings. The Balaban J connectivity index is 1.34. The molecule has 0 spiro atoms. The highest BCUT2D eigenvalue weighted by Crippen LogP contribution is 2.87. The number of allylic oxidation sites excluding steroid dienone is 6. The zero-order valence-corrected chi connectivity index (χ0v) is 29.7. The summed E-state index contributed by atoms with van der Waals surface area (Å²) in [4.78, 5) is 0. The van der Waals surface area contributed by atoms with E-state index in [0.29, 0.717) is 0 Å². The van der Waals surface area contributed by atoms with Crippen LogP contribution in [0.4, 0.5) is 0 Å². The lowest BCUT2D eigenvalue weighted by molar-refractivity contribution is 0.672. The van der Waals surface area contributed by atoms with Crippen LogP contribution in [0.25, 0.3) is 21.8 Å². The van der Waals surface area contributed by atoms with E-state index in [0.717, 1.165) is 0 Å². The van der Waals surface area contributed by atoms with Gasteiger partial charge in [0.15, 0.2) is 0 Å². The third-order valence-corrected chi connectivity index (χ3v) is 20.0. The predicted molar refractivity (Wildman–Crippen MR) is 202 cm³/mol. The van der Waals surface area contributed by atoms with E-state index < -0.39 is 15.8 Å². The Morgan fingerprint density at radius 3 is 1.43 bits per heavy atom. The van der Waals surface area contributed by atoms with E-state index in [4.69, 9.17) is 0 Å². The van der Waals surface area contributed by atoms with Crippen molar-refractivity contribution in [2.24, 2.45) is 5.41 Å². The maximum Gasteiger partial charge on any atom is 0.0742 e. The standard InChI is InChI=1S/C38H30I2P2/c1-25-32(42-24-38(25,40)31(27-17-9-4-10-18-27)34(42)29-21-13-6-14-22-29)35-36(39)37(2)23-41(35)33(28-19-11-5-12-20-28)30(37)26-15-7-3-8-16-26/h3-22H,23-24H2,1-2H3. The van der Waals surface area contributed by atoms with Crippen LogP contribution in [0, 0.1) is 5.41 Å². The molecule has 0 saturated carbocycles.